The van der Waals surface area contributed by atoms with Crippen LogP contribution in [-0.2, 0) is 0 Å². The molecule has 2 rings (SSSR count). The number of aliphatic imine (C=N–C) groups is 1. The lowest BCUT2D eigenvalue weighted by molar-refractivity contribution is -0.384. The highest BCUT2D eigenvalue weighted by Gasteiger charge is 2.12. The van der Waals surface area contributed by atoms with Crippen LogP contribution in [-0.4, -0.2) is 21.4 Å². The van der Waals surface area contributed by atoms with Gasteiger partial charge in [-0.1, -0.05) is 23.2 Å². The molecule has 0 spiro atoms. The Morgan fingerprint density at radius 1 is 1.27 bits per heavy atom. The zero-order valence-electron chi connectivity index (χ0n) is 11.2. The average Bonchev–Trinajstić information content (AvgIpc) is 2.48. The van der Waals surface area contributed by atoms with E-state index in [1.54, 1.807) is 6.92 Å². The maximum absolute atomic E-state index is 10.7. The van der Waals surface area contributed by atoms with Gasteiger partial charge in [-0.15, -0.1) is 0 Å². The molecule has 8 heteroatoms. The quantitative estimate of drug-likeness (QED) is 0.492. The van der Waals surface area contributed by atoms with E-state index in [4.69, 9.17) is 23.2 Å². The summed E-state index contributed by atoms with van der Waals surface area (Å²) in [5, 5.41) is 30.7. The van der Waals surface area contributed by atoms with Crippen LogP contribution < -0.4 is 0 Å². The van der Waals surface area contributed by atoms with Crippen molar-refractivity contribution < 1.29 is 15.1 Å². The fourth-order valence-corrected chi connectivity index (χ4v) is 2.13. The molecule has 0 atom stereocenters. The van der Waals surface area contributed by atoms with Crippen molar-refractivity contribution in [1.82, 2.24) is 0 Å². The summed E-state index contributed by atoms with van der Waals surface area (Å²) in [6.45, 7) is 1.64. The van der Waals surface area contributed by atoms with Gasteiger partial charge in [-0.05, 0) is 24.6 Å². The molecule has 0 aromatic heterocycles. The fourth-order valence-electron chi connectivity index (χ4n) is 1.69. The van der Waals surface area contributed by atoms with Gasteiger partial charge in [-0.2, -0.15) is 0 Å². The summed E-state index contributed by atoms with van der Waals surface area (Å²) in [6, 6.07) is 4.93. The number of nitrogens with zero attached hydrogens (tertiary/aromatic N) is 2. The number of rotatable bonds is 3. The Morgan fingerprint density at radius 3 is 2.59 bits per heavy atom. The Labute approximate surface area is 135 Å². The lowest BCUT2D eigenvalue weighted by Crippen LogP contribution is -1.90. The molecule has 0 saturated carbocycles. The Bertz CT molecular complexity index is 791. The first-order valence-electron chi connectivity index (χ1n) is 6.00. The minimum atomic E-state index is -0.589. The third-order valence-electron chi connectivity index (χ3n) is 2.97. The van der Waals surface area contributed by atoms with E-state index in [1.807, 2.05) is 0 Å². The molecule has 22 heavy (non-hydrogen) atoms. The maximum atomic E-state index is 10.7. The van der Waals surface area contributed by atoms with Crippen LogP contribution in [0, 0.1) is 17.0 Å². The molecule has 0 bridgehead atoms. The predicted octanol–water partition coefficient (Wildman–Crippen LogP) is 4.37. The normalized spacial score (nSPS) is 11.0. The third-order valence-corrected chi connectivity index (χ3v) is 3.82. The summed E-state index contributed by atoms with van der Waals surface area (Å²) < 4.78 is 0. The number of hydrogen-bond donors (Lipinski definition) is 2. The highest BCUT2D eigenvalue weighted by Crippen LogP contribution is 2.40. The van der Waals surface area contributed by atoms with Crippen molar-refractivity contribution in [3.8, 4) is 11.5 Å². The van der Waals surface area contributed by atoms with Crippen molar-refractivity contribution in [3.05, 3.63) is 55.6 Å². The summed E-state index contributed by atoms with van der Waals surface area (Å²) >= 11 is 11.9. The van der Waals surface area contributed by atoms with Crippen LogP contribution in [0.2, 0.25) is 10.0 Å². The summed E-state index contributed by atoms with van der Waals surface area (Å²) in [4.78, 5) is 14.1. The number of halogens is 2. The second-order valence-electron chi connectivity index (χ2n) is 4.42. The number of non-ortho nitro benzene ring substituents is 1. The maximum Gasteiger partial charge on any atom is 0.270 e. The molecular formula is C14H10Cl2N2O4. The van der Waals surface area contributed by atoms with Crippen LogP contribution in [0.5, 0.6) is 11.5 Å². The monoisotopic (exact) mass is 340 g/mol. The van der Waals surface area contributed by atoms with Gasteiger partial charge in [0.25, 0.3) is 5.69 Å². The zero-order valence-corrected chi connectivity index (χ0v) is 12.8. The van der Waals surface area contributed by atoms with Gasteiger partial charge in [-0.25, -0.2) is 0 Å². The van der Waals surface area contributed by atoms with Gasteiger partial charge in [0.1, 0.15) is 11.4 Å². The molecule has 2 aromatic carbocycles. The van der Waals surface area contributed by atoms with Crippen molar-refractivity contribution in [2.75, 3.05) is 0 Å². The first kappa shape index (κ1) is 16.1. The summed E-state index contributed by atoms with van der Waals surface area (Å²) in [7, 11) is 0. The molecule has 2 aromatic rings. The fraction of sp³-hybridized carbons (Fsp3) is 0.0714. The molecule has 0 heterocycles. The zero-order chi connectivity index (χ0) is 16.4. The third kappa shape index (κ3) is 3.13. The number of aromatic hydroxyl groups is 2. The average molecular weight is 341 g/mol. The lowest BCUT2D eigenvalue weighted by Gasteiger charge is -2.06. The van der Waals surface area contributed by atoms with Gasteiger partial charge in [-0.3, -0.25) is 15.1 Å². The standard InChI is InChI=1S/C14H10Cl2N2O4/c1-7-10(15)5-11(14(20)13(7)16)17-6-8-4-9(18(21)22)2-3-12(8)19/h2-6,19-20H,1H3. The first-order chi connectivity index (χ1) is 10.3. The predicted molar refractivity (Wildman–Crippen MR) is 84.9 cm³/mol. The number of phenolic OH excluding ortho intramolecular Hbond substituents is 2. The van der Waals surface area contributed by atoms with Crippen molar-refractivity contribution in [3.63, 3.8) is 0 Å². The van der Waals surface area contributed by atoms with Gasteiger partial charge in [0.2, 0.25) is 0 Å². The van der Waals surface area contributed by atoms with Crippen LogP contribution in [0.4, 0.5) is 11.4 Å². The van der Waals surface area contributed by atoms with Crippen LogP contribution >= 0.6 is 23.2 Å². The molecule has 0 fully saturated rings. The molecule has 0 amide bonds. The minimum Gasteiger partial charge on any atom is -0.507 e. The molecule has 0 aliphatic rings. The van der Waals surface area contributed by atoms with E-state index in [9.17, 15) is 20.3 Å². The van der Waals surface area contributed by atoms with Gasteiger partial charge in [0.15, 0.2) is 5.75 Å². The first-order valence-corrected chi connectivity index (χ1v) is 6.76. The van der Waals surface area contributed by atoms with Crippen LogP contribution in [0.3, 0.4) is 0 Å². The van der Waals surface area contributed by atoms with Gasteiger partial charge < -0.3 is 10.2 Å². The molecule has 2 N–H and O–H groups in total. The summed E-state index contributed by atoms with van der Waals surface area (Å²) in [5.41, 5.74) is 0.536. The van der Waals surface area contributed by atoms with Gasteiger partial charge >= 0.3 is 0 Å². The van der Waals surface area contributed by atoms with E-state index in [2.05, 4.69) is 4.99 Å². The molecule has 0 unspecified atom stereocenters. The summed E-state index contributed by atoms with van der Waals surface area (Å²) in [5.74, 6) is -0.442. The van der Waals surface area contributed by atoms with Crippen molar-refractivity contribution >= 4 is 40.8 Å². The Morgan fingerprint density at radius 2 is 1.95 bits per heavy atom. The molecule has 6 nitrogen and oxygen atoms in total. The molecule has 0 aliphatic carbocycles. The van der Waals surface area contributed by atoms with E-state index in [1.165, 1.54) is 24.4 Å². The number of nitro benzene ring substituents is 1. The van der Waals surface area contributed by atoms with Crippen molar-refractivity contribution in [2.24, 2.45) is 4.99 Å². The van der Waals surface area contributed by atoms with Crippen molar-refractivity contribution in [1.29, 1.82) is 0 Å². The lowest BCUT2D eigenvalue weighted by atomic mass is 10.2. The van der Waals surface area contributed by atoms with E-state index >= 15 is 0 Å². The Hall–Kier alpha value is -2.31. The number of benzene rings is 2. The molecule has 0 saturated heterocycles. The van der Waals surface area contributed by atoms with E-state index in [0.29, 0.717) is 10.6 Å². The molecule has 114 valence electrons. The number of phenols is 2. The van der Waals surface area contributed by atoms with Crippen molar-refractivity contribution in [2.45, 2.75) is 6.92 Å². The molecule has 0 aliphatic heterocycles. The SMILES string of the molecule is Cc1c(Cl)cc(N=Cc2cc([N+](=O)[O-])ccc2O)c(O)c1Cl. The molecule has 0 radical (unpaired) electrons. The smallest absolute Gasteiger partial charge is 0.270 e. The van der Waals surface area contributed by atoms with E-state index in [0.717, 1.165) is 6.07 Å². The van der Waals surface area contributed by atoms with Crippen LogP contribution in [0.15, 0.2) is 29.3 Å². The van der Waals surface area contributed by atoms with E-state index in [-0.39, 0.29) is 33.5 Å². The van der Waals surface area contributed by atoms with E-state index < -0.39 is 4.92 Å². The number of hydrogen-bond acceptors (Lipinski definition) is 5. The largest absolute Gasteiger partial charge is 0.507 e. The van der Waals surface area contributed by atoms with Gasteiger partial charge in [0.05, 0.1) is 9.95 Å². The molecular weight excluding hydrogens is 331 g/mol. The topological polar surface area (TPSA) is 96.0 Å². The highest BCUT2D eigenvalue weighted by molar-refractivity contribution is 6.37. The Kier molecular flexibility index (Phi) is 4.54. The second-order valence-corrected chi connectivity index (χ2v) is 5.21. The highest BCUT2D eigenvalue weighted by atomic mass is 35.5. The second kappa shape index (κ2) is 6.21. The van der Waals surface area contributed by atoms with Crippen LogP contribution in [0.1, 0.15) is 11.1 Å². The Balaban J connectivity index is 2.45. The number of nitro groups is 1. The van der Waals surface area contributed by atoms with Crippen LogP contribution in [0.25, 0.3) is 0 Å². The minimum absolute atomic E-state index is 0.0721. The van der Waals surface area contributed by atoms with Gasteiger partial charge in [0, 0.05) is 28.9 Å². The summed E-state index contributed by atoms with van der Waals surface area (Å²) in [6.07, 6.45) is 1.18.